The van der Waals surface area contributed by atoms with Crippen LogP contribution in [0.2, 0.25) is 0 Å². The molecule has 1 aliphatic carbocycles. The molecule has 8 heteroatoms. The van der Waals surface area contributed by atoms with E-state index >= 15 is 0 Å². The van der Waals surface area contributed by atoms with Crippen LogP contribution in [-0.2, 0) is 0 Å². The lowest BCUT2D eigenvalue weighted by Crippen LogP contribution is -2.29. The summed E-state index contributed by atoms with van der Waals surface area (Å²) in [4.78, 5) is 13.0. The Bertz CT molecular complexity index is 1370. The summed E-state index contributed by atoms with van der Waals surface area (Å²) in [5.41, 5.74) is 8.75. The Morgan fingerprint density at radius 3 is 2.31 bits per heavy atom. The summed E-state index contributed by atoms with van der Waals surface area (Å²) in [6.45, 7) is 11.3. The molecule has 2 aromatic carbocycles. The summed E-state index contributed by atoms with van der Waals surface area (Å²) in [6.07, 6.45) is 0. The molecule has 0 spiro atoms. The summed E-state index contributed by atoms with van der Waals surface area (Å²) in [7, 11) is 1.00. The number of fused-ring (bicyclic) bond motifs is 2. The van der Waals surface area contributed by atoms with Crippen molar-refractivity contribution in [3.8, 4) is 28.2 Å². The number of rotatable bonds is 8. The molecule has 5 N–H and O–H groups in total. The maximum Gasteiger partial charge on any atom is 0.251 e. The van der Waals surface area contributed by atoms with Crippen molar-refractivity contribution in [2.24, 2.45) is 5.73 Å². The zero-order valence-corrected chi connectivity index (χ0v) is 23.7. The van der Waals surface area contributed by atoms with Gasteiger partial charge in [-0.05, 0) is 57.1 Å². The van der Waals surface area contributed by atoms with Crippen molar-refractivity contribution in [1.82, 2.24) is 9.89 Å². The quantitative estimate of drug-likeness (QED) is 0.201. The van der Waals surface area contributed by atoms with Crippen molar-refractivity contribution in [3.05, 3.63) is 71.6 Å². The molecular weight excluding hydrogens is 494 g/mol. The van der Waals surface area contributed by atoms with Crippen molar-refractivity contribution in [1.29, 1.82) is 0 Å². The first-order valence-electron chi connectivity index (χ1n) is 13.4. The Hall–Kier alpha value is -3.72. The van der Waals surface area contributed by atoms with Crippen molar-refractivity contribution < 1.29 is 24.2 Å². The van der Waals surface area contributed by atoms with Crippen LogP contribution < -0.4 is 25.7 Å². The standard InChI is InChI=1S/C28H30N2O4.C2H7N.CH4O/c1-4-30(5-2)19-11-13-23-25(17-19)34-26-18-20(33-6-3)12-14-24(26)27(23)21-9-7-8-10-22(21)28(32)29-15-16-31;1-2-3;1-2/h7-14,17-18,31H,4-6,15-16H2,1-3H3;2-3H2,1H3;2H,1H3/p+1. The molecule has 210 valence electrons. The minimum Gasteiger partial charge on any atom is -0.494 e. The molecule has 1 aliphatic heterocycles. The van der Waals surface area contributed by atoms with E-state index in [2.05, 4.69) is 41.9 Å². The number of benzene rings is 3. The summed E-state index contributed by atoms with van der Waals surface area (Å²) in [5, 5.41) is 20.9. The number of nitrogens with zero attached hydrogens (tertiary/aromatic N) is 1. The Labute approximate surface area is 230 Å². The summed E-state index contributed by atoms with van der Waals surface area (Å²) in [6, 6.07) is 19.6. The highest BCUT2D eigenvalue weighted by Crippen LogP contribution is 2.41. The van der Waals surface area contributed by atoms with Crippen LogP contribution in [0, 0.1) is 0 Å². The predicted octanol–water partition coefficient (Wildman–Crippen LogP) is 3.71. The minimum atomic E-state index is -0.225. The number of hydrogen-bond donors (Lipinski definition) is 4. The lowest BCUT2D eigenvalue weighted by atomic mass is 9.90. The number of nitrogens with two attached hydrogens (primary N) is 1. The predicted molar refractivity (Wildman–Crippen MR) is 158 cm³/mol. The SMILES string of the molecule is CCN.CCOc1ccc2c(-c3ccccc3C(=O)NCCO)c3ccc(=[N+](CC)CC)cc-3oc2c1.CO. The van der Waals surface area contributed by atoms with E-state index in [0.29, 0.717) is 17.8 Å². The second kappa shape index (κ2) is 16.3. The van der Waals surface area contributed by atoms with Crippen LogP contribution >= 0.6 is 0 Å². The molecule has 0 aromatic heterocycles. The van der Waals surface area contributed by atoms with Gasteiger partial charge in [-0.15, -0.1) is 0 Å². The van der Waals surface area contributed by atoms with Gasteiger partial charge in [-0.1, -0.05) is 25.1 Å². The average molecular weight is 537 g/mol. The van der Waals surface area contributed by atoms with Gasteiger partial charge in [0.15, 0.2) is 0 Å². The number of hydrogen-bond acceptors (Lipinski definition) is 6. The molecule has 0 radical (unpaired) electrons. The van der Waals surface area contributed by atoms with E-state index < -0.39 is 0 Å². The first kappa shape index (κ1) is 31.5. The lowest BCUT2D eigenvalue weighted by molar-refractivity contribution is 0.0945. The topological polar surface area (TPSA) is 121 Å². The molecule has 1 heterocycles. The number of amides is 1. The van der Waals surface area contributed by atoms with E-state index in [0.717, 1.165) is 65.7 Å². The van der Waals surface area contributed by atoms with E-state index in [1.54, 1.807) is 0 Å². The van der Waals surface area contributed by atoms with Crippen LogP contribution in [0.4, 0.5) is 0 Å². The van der Waals surface area contributed by atoms with E-state index in [1.807, 2.05) is 56.3 Å². The molecule has 0 fully saturated rings. The third kappa shape index (κ3) is 7.66. The van der Waals surface area contributed by atoms with Gasteiger partial charge in [-0.2, -0.15) is 0 Å². The number of carbonyl (C=O) groups excluding carboxylic acids is 1. The molecular formula is C31H42N3O5+. The number of aliphatic hydroxyl groups excluding tert-OH is 2. The molecule has 0 bridgehead atoms. The van der Waals surface area contributed by atoms with Crippen LogP contribution in [0.3, 0.4) is 0 Å². The lowest BCUT2D eigenvalue weighted by Gasteiger charge is -2.18. The Morgan fingerprint density at radius 2 is 1.67 bits per heavy atom. The molecule has 0 saturated carbocycles. The van der Waals surface area contributed by atoms with Crippen LogP contribution in [0.15, 0.2) is 65.1 Å². The molecule has 0 saturated heterocycles. The highest BCUT2D eigenvalue weighted by atomic mass is 16.5. The summed E-state index contributed by atoms with van der Waals surface area (Å²) >= 11 is 0. The van der Waals surface area contributed by atoms with E-state index in [9.17, 15) is 4.79 Å². The Kier molecular flexibility index (Phi) is 13.2. The van der Waals surface area contributed by atoms with Crippen molar-refractivity contribution in [2.45, 2.75) is 27.7 Å². The fourth-order valence-electron chi connectivity index (χ4n) is 4.36. The summed E-state index contributed by atoms with van der Waals surface area (Å²) < 4.78 is 14.4. The van der Waals surface area contributed by atoms with Gasteiger partial charge >= 0.3 is 0 Å². The highest BCUT2D eigenvalue weighted by Gasteiger charge is 2.22. The molecule has 8 nitrogen and oxygen atoms in total. The Balaban J connectivity index is 0.000000998. The molecule has 2 aromatic rings. The summed E-state index contributed by atoms with van der Waals surface area (Å²) in [5.74, 6) is 1.25. The van der Waals surface area contributed by atoms with Crippen LogP contribution in [0.5, 0.6) is 5.75 Å². The number of aliphatic hydroxyl groups is 2. The van der Waals surface area contributed by atoms with Gasteiger partial charge in [-0.3, -0.25) is 4.79 Å². The average Bonchev–Trinajstić information content (AvgIpc) is 2.97. The van der Waals surface area contributed by atoms with Gasteiger partial charge in [-0.25, -0.2) is 4.58 Å². The normalized spacial score (nSPS) is 10.3. The number of carbonyl (C=O) groups is 1. The largest absolute Gasteiger partial charge is 0.494 e. The first-order valence-corrected chi connectivity index (χ1v) is 13.4. The fourth-order valence-corrected chi connectivity index (χ4v) is 4.36. The molecule has 0 atom stereocenters. The van der Waals surface area contributed by atoms with Gasteiger partial charge in [0.25, 0.3) is 5.91 Å². The molecule has 39 heavy (non-hydrogen) atoms. The van der Waals surface area contributed by atoms with Gasteiger partial charge in [0.05, 0.1) is 19.3 Å². The third-order valence-electron chi connectivity index (χ3n) is 5.95. The van der Waals surface area contributed by atoms with Gasteiger partial charge in [0.2, 0.25) is 5.36 Å². The van der Waals surface area contributed by atoms with Gasteiger partial charge < -0.3 is 30.4 Å². The molecule has 2 aliphatic rings. The van der Waals surface area contributed by atoms with Crippen LogP contribution in [0.1, 0.15) is 38.1 Å². The molecule has 0 unspecified atom stereocenters. The maximum atomic E-state index is 13.0. The van der Waals surface area contributed by atoms with Crippen LogP contribution in [0.25, 0.3) is 33.4 Å². The zero-order chi connectivity index (χ0) is 28.8. The fraction of sp³-hybridized carbons (Fsp3) is 0.355. The van der Waals surface area contributed by atoms with Crippen molar-refractivity contribution in [2.75, 3.05) is 46.5 Å². The van der Waals surface area contributed by atoms with Gasteiger partial charge in [0.1, 0.15) is 30.2 Å². The number of nitrogens with one attached hydrogen (secondary N) is 1. The van der Waals surface area contributed by atoms with E-state index in [4.69, 9.17) is 25.1 Å². The van der Waals surface area contributed by atoms with Gasteiger partial charge in [0, 0.05) is 47.9 Å². The smallest absolute Gasteiger partial charge is 0.251 e. The molecule has 4 rings (SSSR count). The minimum absolute atomic E-state index is 0.113. The van der Waals surface area contributed by atoms with E-state index in [-0.39, 0.29) is 19.1 Å². The third-order valence-corrected chi connectivity index (χ3v) is 5.95. The van der Waals surface area contributed by atoms with Crippen molar-refractivity contribution >= 4 is 16.9 Å². The highest BCUT2D eigenvalue weighted by molar-refractivity contribution is 6.09. The second-order valence-corrected chi connectivity index (χ2v) is 8.35. The number of ether oxygens (including phenoxy) is 1. The molecule has 1 amide bonds. The van der Waals surface area contributed by atoms with E-state index in [1.165, 1.54) is 0 Å². The maximum absolute atomic E-state index is 13.0. The second-order valence-electron chi connectivity index (χ2n) is 8.35. The first-order chi connectivity index (χ1) is 19.0. The van der Waals surface area contributed by atoms with Crippen molar-refractivity contribution in [3.63, 3.8) is 0 Å². The van der Waals surface area contributed by atoms with Crippen LogP contribution in [-0.4, -0.2) is 62.6 Å². The monoisotopic (exact) mass is 536 g/mol. The zero-order valence-electron chi connectivity index (χ0n) is 23.7. The Morgan fingerprint density at radius 1 is 0.974 bits per heavy atom.